The van der Waals surface area contributed by atoms with Crippen molar-refractivity contribution in [2.75, 3.05) is 19.7 Å². The molecule has 1 saturated heterocycles. The number of para-hydroxylation sites is 1. The van der Waals surface area contributed by atoms with E-state index in [0.717, 1.165) is 12.1 Å². The Kier molecular flexibility index (Phi) is 6.63. The van der Waals surface area contributed by atoms with Gasteiger partial charge < -0.3 is 14.7 Å². The average molecular weight is 380 g/mol. The number of hydrogen-bond donors (Lipinski definition) is 1. The first-order chi connectivity index (χ1) is 12.1. The molecule has 0 radical (unpaired) electrons. The van der Waals surface area contributed by atoms with Crippen LogP contribution < -0.4 is 4.74 Å². The number of aromatic nitrogens is 2. The standard InChI is InChI=1S/C18H21N3O4.ClH/c1-2-10-25-15-12-21(14-6-4-3-5-7-14)19-16(15)17(22)20-9-8-13(11-20)18(23)24;/h3-7,12-13H,2,8-11H2,1H3,(H,23,24);1H. The number of halogens is 1. The van der Waals surface area contributed by atoms with Crippen molar-refractivity contribution in [2.24, 2.45) is 5.92 Å². The van der Waals surface area contributed by atoms with Crippen molar-refractivity contribution < 1.29 is 19.4 Å². The summed E-state index contributed by atoms with van der Waals surface area (Å²) in [6.45, 7) is 3.10. The third-order valence-electron chi connectivity index (χ3n) is 4.19. The number of carbonyl (C=O) groups is 2. The molecule has 140 valence electrons. The molecule has 3 rings (SSSR count). The molecule has 1 aromatic carbocycles. The lowest BCUT2D eigenvalue weighted by Gasteiger charge is -2.15. The Morgan fingerprint density at radius 1 is 1.31 bits per heavy atom. The number of benzene rings is 1. The van der Waals surface area contributed by atoms with Crippen LogP contribution in [0, 0.1) is 5.92 Å². The summed E-state index contributed by atoms with van der Waals surface area (Å²) in [5, 5.41) is 13.5. The number of ether oxygens (including phenoxy) is 1. The minimum atomic E-state index is -0.868. The zero-order valence-corrected chi connectivity index (χ0v) is 15.3. The summed E-state index contributed by atoms with van der Waals surface area (Å²) >= 11 is 0. The highest BCUT2D eigenvalue weighted by Gasteiger charge is 2.33. The first kappa shape index (κ1) is 19.8. The Balaban J connectivity index is 0.00000243. The van der Waals surface area contributed by atoms with Crippen molar-refractivity contribution in [3.8, 4) is 11.4 Å². The molecule has 2 heterocycles. The molecule has 0 bridgehead atoms. The SMILES string of the molecule is CCCOc1cn(-c2ccccc2)nc1C(=O)N1CCC(C(=O)O)C1.Cl. The third kappa shape index (κ3) is 4.16. The maximum absolute atomic E-state index is 12.8. The van der Waals surface area contributed by atoms with Gasteiger partial charge in [0.1, 0.15) is 0 Å². The lowest BCUT2D eigenvalue weighted by molar-refractivity contribution is -0.141. The number of aliphatic carboxylic acids is 1. The van der Waals surface area contributed by atoms with E-state index in [1.807, 2.05) is 37.3 Å². The Labute approximate surface area is 158 Å². The molecule has 8 heteroatoms. The maximum atomic E-state index is 12.8. The van der Waals surface area contributed by atoms with Crippen LogP contribution in [0.1, 0.15) is 30.3 Å². The molecule has 1 amide bonds. The highest BCUT2D eigenvalue weighted by Crippen LogP contribution is 2.25. The van der Waals surface area contributed by atoms with E-state index in [1.165, 1.54) is 4.90 Å². The number of amides is 1. The van der Waals surface area contributed by atoms with Crippen molar-refractivity contribution in [1.29, 1.82) is 0 Å². The van der Waals surface area contributed by atoms with Gasteiger partial charge in [-0.15, -0.1) is 12.4 Å². The minimum absolute atomic E-state index is 0. The van der Waals surface area contributed by atoms with Gasteiger partial charge in [-0.1, -0.05) is 25.1 Å². The molecular weight excluding hydrogens is 358 g/mol. The average Bonchev–Trinajstić information content (AvgIpc) is 3.27. The summed E-state index contributed by atoms with van der Waals surface area (Å²) < 4.78 is 7.31. The van der Waals surface area contributed by atoms with Crippen LogP contribution in [-0.2, 0) is 4.79 Å². The molecule has 1 unspecified atom stereocenters. The molecule has 7 nitrogen and oxygen atoms in total. The zero-order valence-electron chi connectivity index (χ0n) is 14.5. The highest BCUT2D eigenvalue weighted by molar-refractivity contribution is 5.95. The molecule has 0 spiro atoms. The van der Waals surface area contributed by atoms with Gasteiger partial charge in [0.2, 0.25) is 0 Å². The van der Waals surface area contributed by atoms with Crippen molar-refractivity contribution in [1.82, 2.24) is 14.7 Å². The number of nitrogens with zero attached hydrogens (tertiary/aromatic N) is 3. The first-order valence-electron chi connectivity index (χ1n) is 8.40. The van der Waals surface area contributed by atoms with Gasteiger partial charge in [0.25, 0.3) is 5.91 Å². The van der Waals surface area contributed by atoms with Gasteiger partial charge in [-0.05, 0) is 25.0 Å². The van der Waals surface area contributed by atoms with Gasteiger partial charge in [-0.25, -0.2) is 4.68 Å². The summed E-state index contributed by atoms with van der Waals surface area (Å²) in [4.78, 5) is 25.5. The normalized spacial score (nSPS) is 16.2. The molecule has 1 N–H and O–H groups in total. The van der Waals surface area contributed by atoms with Gasteiger partial charge in [0.15, 0.2) is 11.4 Å². The molecule has 0 saturated carbocycles. The van der Waals surface area contributed by atoms with Crippen molar-refractivity contribution in [2.45, 2.75) is 19.8 Å². The fourth-order valence-corrected chi connectivity index (χ4v) is 2.83. The van der Waals surface area contributed by atoms with Crippen LogP contribution in [0.5, 0.6) is 5.75 Å². The van der Waals surface area contributed by atoms with E-state index in [0.29, 0.717) is 25.3 Å². The van der Waals surface area contributed by atoms with Gasteiger partial charge in [-0.3, -0.25) is 9.59 Å². The van der Waals surface area contributed by atoms with Gasteiger partial charge >= 0.3 is 5.97 Å². The smallest absolute Gasteiger partial charge is 0.308 e. The summed E-state index contributed by atoms with van der Waals surface area (Å²) in [5.74, 6) is -1.24. The third-order valence-corrected chi connectivity index (χ3v) is 4.19. The first-order valence-corrected chi connectivity index (χ1v) is 8.40. The van der Waals surface area contributed by atoms with Gasteiger partial charge in [-0.2, -0.15) is 5.10 Å². The molecule has 1 fully saturated rings. The predicted molar refractivity (Wildman–Crippen MR) is 98.2 cm³/mol. The molecule has 1 aromatic heterocycles. The Morgan fingerprint density at radius 2 is 2.04 bits per heavy atom. The van der Waals surface area contributed by atoms with E-state index in [-0.39, 0.29) is 30.6 Å². The van der Waals surface area contributed by atoms with Crippen LogP contribution in [0.25, 0.3) is 5.69 Å². The summed E-state index contributed by atoms with van der Waals surface area (Å²) in [7, 11) is 0. The minimum Gasteiger partial charge on any atom is -0.489 e. The molecule has 2 aromatic rings. The number of rotatable bonds is 6. The van der Waals surface area contributed by atoms with Crippen LogP contribution >= 0.6 is 12.4 Å². The topological polar surface area (TPSA) is 84.7 Å². The molecule has 26 heavy (non-hydrogen) atoms. The molecule has 1 atom stereocenters. The van der Waals surface area contributed by atoms with E-state index in [9.17, 15) is 9.59 Å². The quantitative estimate of drug-likeness (QED) is 0.834. The molecule has 1 aliphatic rings. The van der Waals surface area contributed by atoms with Gasteiger partial charge in [0, 0.05) is 13.1 Å². The number of carboxylic acid groups (broad SMARTS) is 1. The number of hydrogen-bond acceptors (Lipinski definition) is 4. The lowest BCUT2D eigenvalue weighted by atomic mass is 10.1. The highest BCUT2D eigenvalue weighted by atomic mass is 35.5. The lowest BCUT2D eigenvalue weighted by Crippen LogP contribution is -2.30. The zero-order chi connectivity index (χ0) is 17.8. The van der Waals surface area contributed by atoms with E-state index in [1.54, 1.807) is 10.9 Å². The van der Waals surface area contributed by atoms with Gasteiger partial charge in [0.05, 0.1) is 24.4 Å². The van der Waals surface area contributed by atoms with Crippen molar-refractivity contribution in [3.05, 3.63) is 42.2 Å². The summed E-state index contributed by atoms with van der Waals surface area (Å²) in [6, 6.07) is 9.47. The van der Waals surface area contributed by atoms with E-state index in [2.05, 4.69) is 5.10 Å². The monoisotopic (exact) mass is 379 g/mol. The van der Waals surface area contributed by atoms with E-state index < -0.39 is 11.9 Å². The van der Waals surface area contributed by atoms with E-state index in [4.69, 9.17) is 9.84 Å². The second-order valence-electron chi connectivity index (χ2n) is 6.05. The van der Waals surface area contributed by atoms with Crippen LogP contribution in [-0.4, -0.2) is 51.4 Å². The maximum Gasteiger partial charge on any atom is 0.308 e. The van der Waals surface area contributed by atoms with Crippen molar-refractivity contribution in [3.63, 3.8) is 0 Å². The summed E-state index contributed by atoms with van der Waals surface area (Å²) in [6.07, 6.45) is 2.98. The second kappa shape index (κ2) is 8.71. The fourth-order valence-electron chi connectivity index (χ4n) is 2.83. The summed E-state index contributed by atoms with van der Waals surface area (Å²) in [5.41, 5.74) is 1.05. The van der Waals surface area contributed by atoms with E-state index >= 15 is 0 Å². The molecule has 0 aliphatic carbocycles. The van der Waals surface area contributed by atoms with Crippen LogP contribution in [0.2, 0.25) is 0 Å². The second-order valence-corrected chi connectivity index (χ2v) is 6.05. The van der Waals surface area contributed by atoms with Crippen LogP contribution in [0.4, 0.5) is 0 Å². The van der Waals surface area contributed by atoms with Crippen molar-refractivity contribution >= 4 is 24.3 Å². The predicted octanol–water partition coefficient (Wildman–Crippen LogP) is 2.63. The number of carbonyl (C=O) groups excluding carboxylic acids is 1. The number of likely N-dealkylation sites (tertiary alicyclic amines) is 1. The van der Waals surface area contributed by atoms with Crippen LogP contribution in [0.3, 0.4) is 0 Å². The Bertz CT molecular complexity index is 763. The Hall–Kier alpha value is -2.54. The fraction of sp³-hybridized carbons (Fsp3) is 0.389. The molecule has 1 aliphatic heterocycles. The number of carboxylic acids is 1. The largest absolute Gasteiger partial charge is 0.489 e. The Morgan fingerprint density at radius 3 is 2.65 bits per heavy atom. The molecular formula is C18H22ClN3O4. The van der Waals surface area contributed by atoms with Crippen LogP contribution in [0.15, 0.2) is 36.5 Å².